The van der Waals surface area contributed by atoms with Crippen molar-refractivity contribution in [3.63, 3.8) is 0 Å². The van der Waals surface area contributed by atoms with Crippen LogP contribution in [-0.2, 0) is 0 Å². The zero-order chi connectivity index (χ0) is 7.40. The standard InChI is InChI=1S/C9H19N/c1-3-9(10-4-2)8-6-5-7-8/h8-10H,3-7H2,1-2H3. The topological polar surface area (TPSA) is 12.0 Å². The summed E-state index contributed by atoms with van der Waals surface area (Å²) in [5.41, 5.74) is 0. The minimum absolute atomic E-state index is 0.818. The average molecular weight is 141 g/mol. The van der Waals surface area contributed by atoms with E-state index in [2.05, 4.69) is 19.2 Å². The molecule has 1 aliphatic rings. The Morgan fingerprint density at radius 1 is 1.40 bits per heavy atom. The van der Waals surface area contributed by atoms with Gasteiger partial charge in [-0.3, -0.25) is 0 Å². The Morgan fingerprint density at radius 3 is 2.40 bits per heavy atom. The number of hydrogen-bond donors (Lipinski definition) is 1. The van der Waals surface area contributed by atoms with Crippen LogP contribution in [0.25, 0.3) is 0 Å². The summed E-state index contributed by atoms with van der Waals surface area (Å²) >= 11 is 0. The summed E-state index contributed by atoms with van der Waals surface area (Å²) in [5, 5.41) is 3.53. The molecule has 60 valence electrons. The third kappa shape index (κ3) is 1.72. The average Bonchev–Trinajstić information content (AvgIpc) is 1.83. The zero-order valence-electron chi connectivity index (χ0n) is 7.19. The van der Waals surface area contributed by atoms with Crippen molar-refractivity contribution in [2.24, 2.45) is 5.92 Å². The summed E-state index contributed by atoms with van der Waals surface area (Å²) < 4.78 is 0. The van der Waals surface area contributed by atoms with Gasteiger partial charge < -0.3 is 5.32 Å². The third-order valence-electron chi connectivity index (χ3n) is 2.63. The van der Waals surface area contributed by atoms with Crippen molar-refractivity contribution in [2.45, 2.75) is 45.6 Å². The van der Waals surface area contributed by atoms with Crippen molar-refractivity contribution in [1.29, 1.82) is 0 Å². The molecule has 0 aromatic heterocycles. The molecule has 1 heteroatoms. The maximum atomic E-state index is 3.53. The molecule has 0 heterocycles. The molecule has 1 fully saturated rings. The fourth-order valence-corrected chi connectivity index (χ4v) is 1.75. The van der Waals surface area contributed by atoms with Crippen LogP contribution in [0, 0.1) is 5.92 Å². The van der Waals surface area contributed by atoms with E-state index in [-0.39, 0.29) is 0 Å². The van der Waals surface area contributed by atoms with Crippen molar-refractivity contribution in [3.8, 4) is 0 Å². The van der Waals surface area contributed by atoms with Crippen molar-refractivity contribution in [1.82, 2.24) is 5.32 Å². The van der Waals surface area contributed by atoms with E-state index < -0.39 is 0 Å². The van der Waals surface area contributed by atoms with E-state index in [4.69, 9.17) is 0 Å². The highest BCUT2D eigenvalue weighted by Gasteiger charge is 2.24. The second-order valence-corrected chi connectivity index (χ2v) is 3.26. The highest BCUT2D eigenvalue weighted by atomic mass is 14.9. The Morgan fingerprint density at radius 2 is 2.10 bits per heavy atom. The number of rotatable bonds is 4. The van der Waals surface area contributed by atoms with Gasteiger partial charge in [-0.25, -0.2) is 0 Å². The molecule has 1 saturated carbocycles. The first-order chi connectivity index (χ1) is 4.88. The highest BCUT2D eigenvalue weighted by molar-refractivity contribution is 4.81. The molecule has 0 aromatic rings. The monoisotopic (exact) mass is 141 g/mol. The predicted molar refractivity (Wildman–Crippen MR) is 45.1 cm³/mol. The maximum absolute atomic E-state index is 3.53. The van der Waals surface area contributed by atoms with Crippen LogP contribution in [0.15, 0.2) is 0 Å². The maximum Gasteiger partial charge on any atom is 0.00925 e. The van der Waals surface area contributed by atoms with E-state index in [1.807, 2.05) is 0 Å². The fraction of sp³-hybridized carbons (Fsp3) is 1.00. The van der Waals surface area contributed by atoms with Gasteiger partial charge in [-0.05, 0) is 31.7 Å². The van der Waals surface area contributed by atoms with E-state index in [0.717, 1.165) is 18.5 Å². The van der Waals surface area contributed by atoms with Gasteiger partial charge in [0, 0.05) is 6.04 Å². The highest BCUT2D eigenvalue weighted by Crippen LogP contribution is 2.30. The van der Waals surface area contributed by atoms with Crippen LogP contribution in [0.2, 0.25) is 0 Å². The molecule has 1 N–H and O–H groups in total. The van der Waals surface area contributed by atoms with Gasteiger partial charge in [0.15, 0.2) is 0 Å². The molecule has 0 amide bonds. The van der Waals surface area contributed by atoms with Crippen LogP contribution < -0.4 is 5.32 Å². The molecule has 0 bridgehead atoms. The Labute approximate surface area is 64.2 Å². The second kappa shape index (κ2) is 3.97. The molecule has 0 aromatic carbocycles. The molecule has 1 atom stereocenters. The van der Waals surface area contributed by atoms with Crippen molar-refractivity contribution < 1.29 is 0 Å². The lowest BCUT2D eigenvalue weighted by Crippen LogP contribution is -2.38. The largest absolute Gasteiger partial charge is 0.314 e. The summed E-state index contributed by atoms with van der Waals surface area (Å²) in [7, 11) is 0. The van der Waals surface area contributed by atoms with Gasteiger partial charge in [0.25, 0.3) is 0 Å². The lowest BCUT2D eigenvalue weighted by atomic mass is 9.79. The Hall–Kier alpha value is -0.0400. The van der Waals surface area contributed by atoms with Crippen molar-refractivity contribution in [3.05, 3.63) is 0 Å². The van der Waals surface area contributed by atoms with Crippen molar-refractivity contribution in [2.75, 3.05) is 6.54 Å². The van der Waals surface area contributed by atoms with Gasteiger partial charge >= 0.3 is 0 Å². The van der Waals surface area contributed by atoms with Gasteiger partial charge in [0.05, 0.1) is 0 Å². The van der Waals surface area contributed by atoms with Gasteiger partial charge in [0.2, 0.25) is 0 Å². The first kappa shape index (κ1) is 8.06. The lowest BCUT2D eigenvalue weighted by Gasteiger charge is -2.33. The van der Waals surface area contributed by atoms with Gasteiger partial charge in [0.1, 0.15) is 0 Å². The second-order valence-electron chi connectivity index (χ2n) is 3.26. The van der Waals surface area contributed by atoms with Crippen LogP contribution in [-0.4, -0.2) is 12.6 Å². The molecular weight excluding hydrogens is 122 g/mol. The van der Waals surface area contributed by atoms with E-state index in [9.17, 15) is 0 Å². The summed E-state index contributed by atoms with van der Waals surface area (Å²) in [4.78, 5) is 0. The number of nitrogens with one attached hydrogen (secondary N) is 1. The van der Waals surface area contributed by atoms with Crippen LogP contribution in [0.4, 0.5) is 0 Å². The Balaban J connectivity index is 2.17. The summed E-state index contributed by atoms with van der Waals surface area (Å²) in [6, 6.07) is 0.818. The fourth-order valence-electron chi connectivity index (χ4n) is 1.75. The normalized spacial score (nSPS) is 22.2. The van der Waals surface area contributed by atoms with Gasteiger partial charge in [-0.1, -0.05) is 20.3 Å². The van der Waals surface area contributed by atoms with Crippen LogP contribution in [0.1, 0.15) is 39.5 Å². The summed E-state index contributed by atoms with van der Waals surface area (Å²) in [6.07, 6.45) is 5.70. The molecule has 1 aliphatic carbocycles. The quantitative estimate of drug-likeness (QED) is 0.632. The van der Waals surface area contributed by atoms with E-state index in [0.29, 0.717) is 0 Å². The van der Waals surface area contributed by atoms with E-state index in [1.165, 1.54) is 25.7 Å². The molecule has 1 rings (SSSR count). The third-order valence-corrected chi connectivity index (χ3v) is 2.63. The number of hydrogen-bond acceptors (Lipinski definition) is 1. The van der Waals surface area contributed by atoms with Crippen molar-refractivity contribution >= 4 is 0 Å². The molecule has 0 saturated heterocycles. The minimum Gasteiger partial charge on any atom is -0.314 e. The molecular formula is C9H19N. The molecule has 1 nitrogen and oxygen atoms in total. The molecule has 0 radical (unpaired) electrons. The molecule has 1 unspecified atom stereocenters. The first-order valence-electron chi connectivity index (χ1n) is 4.61. The lowest BCUT2D eigenvalue weighted by molar-refractivity contribution is 0.226. The molecule has 0 spiro atoms. The van der Waals surface area contributed by atoms with Crippen LogP contribution in [0.3, 0.4) is 0 Å². The summed E-state index contributed by atoms with van der Waals surface area (Å²) in [6.45, 7) is 5.61. The molecule has 10 heavy (non-hydrogen) atoms. The van der Waals surface area contributed by atoms with Crippen LogP contribution >= 0.6 is 0 Å². The smallest absolute Gasteiger partial charge is 0.00925 e. The first-order valence-corrected chi connectivity index (χ1v) is 4.61. The minimum atomic E-state index is 0.818. The Bertz CT molecular complexity index is 86.7. The van der Waals surface area contributed by atoms with Crippen LogP contribution in [0.5, 0.6) is 0 Å². The Kier molecular flexibility index (Phi) is 3.20. The van der Waals surface area contributed by atoms with Gasteiger partial charge in [-0.15, -0.1) is 0 Å². The van der Waals surface area contributed by atoms with E-state index >= 15 is 0 Å². The van der Waals surface area contributed by atoms with E-state index in [1.54, 1.807) is 0 Å². The SMILES string of the molecule is CCNC(CC)C1CCC1. The summed E-state index contributed by atoms with van der Waals surface area (Å²) in [5.74, 6) is 1.00. The predicted octanol–water partition coefficient (Wildman–Crippen LogP) is 2.17. The van der Waals surface area contributed by atoms with Gasteiger partial charge in [-0.2, -0.15) is 0 Å². The zero-order valence-corrected chi connectivity index (χ0v) is 7.19. The molecule has 0 aliphatic heterocycles.